The van der Waals surface area contributed by atoms with E-state index in [1.807, 2.05) is 36.1 Å². The summed E-state index contributed by atoms with van der Waals surface area (Å²) in [6, 6.07) is 12.1. The van der Waals surface area contributed by atoms with E-state index in [0.29, 0.717) is 30.9 Å². The van der Waals surface area contributed by atoms with Gasteiger partial charge >= 0.3 is 0 Å². The number of halogens is 1. The Bertz CT molecular complexity index is 912. The normalized spacial score (nSPS) is 19.5. The molecule has 1 fully saturated rings. The molecule has 136 valence electrons. The molecule has 0 radical (unpaired) electrons. The third-order valence-corrected chi connectivity index (χ3v) is 5.02. The van der Waals surface area contributed by atoms with Crippen molar-refractivity contribution in [2.75, 3.05) is 19.6 Å². The fourth-order valence-corrected chi connectivity index (χ4v) is 3.60. The number of nitrogens with zero attached hydrogens (tertiary/aromatic N) is 3. The lowest BCUT2D eigenvalue weighted by Gasteiger charge is -2.16. The minimum atomic E-state index is -0.0214. The smallest absolute Gasteiger partial charge is 0.257 e. The molecule has 1 aromatic carbocycles. The quantitative estimate of drug-likeness (QED) is 0.764. The van der Waals surface area contributed by atoms with Crippen LogP contribution in [-0.4, -0.2) is 40.6 Å². The van der Waals surface area contributed by atoms with Crippen molar-refractivity contribution in [3.63, 3.8) is 0 Å². The zero-order chi connectivity index (χ0) is 17.4. The first-order valence-electron chi connectivity index (χ1n) is 8.43. The first kappa shape index (κ1) is 18.4. The van der Waals surface area contributed by atoms with Crippen LogP contribution in [0.25, 0.3) is 11.1 Å². The lowest BCUT2D eigenvalue weighted by Crippen LogP contribution is -2.29. The minimum absolute atomic E-state index is 0. The highest BCUT2D eigenvalue weighted by molar-refractivity contribution is 5.97. The first-order valence-corrected chi connectivity index (χ1v) is 8.43. The molecule has 1 aliphatic rings. The standard InChI is InChI=1S/C19H20N4O2.ClH/c1-12-16-7-14(9-21-18(16)25-22-12)19(24)23-10-15(8-20)17(11-23)13-5-3-2-4-6-13;/h2-7,9,15,17H,8,10-11,20H2,1H3;1H/t15-,17+;/m1./s1. The van der Waals surface area contributed by atoms with Crippen LogP contribution in [0.5, 0.6) is 0 Å². The Morgan fingerprint density at radius 1 is 1.31 bits per heavy atom. The maximum atomic E-state index is 13.0. The van der Waals surface area contributed by atoms with E-state index in [4.69, 9.17) is 10.3 Å². The summed E-state index contributed by atoms with van der Waals surface area (Å²) in [5, 5.41) is 4.67. The molecule has 3 heterocycles. The second kappa shape index (κ2) is 7.43. The third-order valence-electron chi connectivity index (χ3n) is 5.02. The number of rotatable bonds is 3. The summed E-state index contributed by atoms with van der Waals surface area (Å²) in [6.45, 7) is 3.74. The van der Waals surface area contributed by atoms with Crippen LogP contribution < -0.4 is 5.73 Å². The van der Waals surface area contributed by atoms with Crippen molar-refractivity contribution in [2.45, 2.75) is 12.8 Å². The van der Waals surface area contributed by atoms with Gasteiger partial charge in [0.05, 0.1) is 16.6 Å². The van der Waals surface area contributed by atoms with Crippen molar-refractivity contribution in [2.24, 2.45) is 11.7 Å². The number of aromatic nitrogens is 2. The molecule has 0 bridgehead atoms. The fourth-order valence-electron chi connectivity index (χ4n) is 3.60. The van der Waals surface area contributed by atoms with E-state index in [0.717, 1.165) is 11.1 Å². The van der Waals surface area contributed by atoms with Crippen molar-refractivity contribution in [3.8, 4) is 0 Å². The number of hydrogen-bond acceptors (Lipinski definition) is 5. The molecule has 26 heavy (non-hydrogen) atoms. The fraction of sp³-hybridized carbons (Fsp3) is 0.316. The molecule has 1 saturated heterocycles. The van der Waals surface area contributed by atoms with Gasteiger partial charge in [0.1, 0.15) is 0 Å². The van der Waals surface area contributed by atoms with E-state index in [1.165, 1.54) is 5.56 Å². The molecule has 2 atom stereocenters. The number of likely N-dealkylation sites (tertiary alicyclic amines) is 1. The molecule has 2 aromatic heterocycles. The molecule has 0 spiro atoms. The molecular formula is C19H21ClN4O2. The Balaban J connectivity index is 0.00000196. The van der Waals surface area contributed by atoms with Crippen LogP contribution >= 0.6 is 12.4 Å². The molecule has 1 aliphatic heterocycles. The summed E-state index contributed by atoms with van der Waals surface area (Å²) in [7, 11) is 0. The summed E-state index contributed by atoms with van der Waals surface area (Å²) in [4.78, 5) is 19.0. The summed E-state index contributed by atoms with van der Waals surface area (Å²) >= 11 is 0. The average molecular weight is 373 g/mol. The van der Waals surface area contributed by atoms with Crippen LogP contribution in [0.1, 0.15) is 27.5 Å². The number of nitrogens with two attached hydrogens (primary N) is 1. The van der Waals surface area contributed by atoms with Gasteiger partial charge in [-0.2, -0.15) is 0 Å². The SMILES string of the molecule is Cc1noc2ncc(C(=O)N3C[C@@H](CN)[C@H](c4ccccc4)C3)cc12.Cl. The van der Waals surface area contributed by atoms with Gasteiger partial charge in [-0.3, -0.25) is 4.79 Å². The predicted octanol–water partition coefficient (Wildman–Crippen LogP) is 2.77. The van der Waals surface area contributed by atoms with E-state index < -0.39 is 0 Å². The number of amides is 1. The molecule has 0 saturated carbocycles. The zero-order valence-electron chi connectivity index (χ0n) is 14.5. The second-order valence-electron chi connectivity index (χ2n) is 6.57. The number of pyridine rings is 1. The first-order chi connectivity index (χ1) is 12.2. The number of carbonyl (C=O) groups is 1. The van der Waals surface area contributed by atoms with Gasteiger partial charge in [0.2, 0.25) is 0 Å². The van der Waals surface area contributed by atoms with Gasteiger partial charge in [-0.05, 0) is 31.0 Å². The van der Waals surface area contributed by atoms with E-state index >= 15 is 0 Å². The van der Waals surface area contributed by atoms with E-state index in [-0.39, 0.29) is 30.2 Å². The molecule has 0 unspecified atom stereocenters. The highest BCUT2D eigenvalue weighted by atomic mass is 35.5. The van der Waals surface area contributed by atoms with Crippen molar-refractivity contribution in [1.29, 1.82) is 0 Å². The Morgan fingerprint density at radius 2 is 2.08 bits per heavy atom. The van der Waals surface area contributed by atoms with Gasteiger partial charge in [-0.1, -0.05) is 35.5 Å². The molecule has 6 nitrogen and oxygen atoms in total. The second-order valence-corrected chi connectivity index (χ2v) is 6.57. The Hall–Kier alpha value is -2.44. The van der Waals surface area contributed by atoms with E-state index in [2.05, 4.69) is 22.3 Å². The van der Waals surface area contributed by atoms with E-state index in [1.54, 1.807) is 6.20 Å². The monoisotopic (exact) mass is 372 g/mol. The van der Waals surface area contributed by atoms with Crippen molar-refractivity contribution >= 4 is 29.4 Å². The molecule has 2 N–H and O–H groups in total. The van der Waals surface area contributed by atoms with Gasteiger partial charge in [0.15, 0.2) is 0 Å². The van der Waals surface area contributed by atoms with Crippen molar-refractivity contribution in [3.05, 3.63) is 59.4 Å². The van der Waals surface area contributed by atoms with E-state index in [9.17, 15) is 4.79 Å². The summed E-state index contributed by atoms with van der Waals surface area (Å²) in [5.41, 5.74) is 8.96. The Kier molecular flexibility index (Phi) is 5.25. The van der Waals surface area contributed by atoms with Crippen LogP contribution in [0.3, 0.4) is 0 Å². The van der Waals surface area contributed by atoms with Gasteiger partial charge in [-0.15, -0.1) is 12.4 Å². The largest absolute Gasteiger partial charge is 0.338 e. The predicted molar refractivity (Wildman–Crippen MR) is 101 cm³/mol. The van der Waals surface area contributed by atoms with Crippen LogP contribution in [-0.2, 0) is 0 Å². The average Bonchev–Trinajstić information content (AvgIpc) is 3.25. The third kappa shape index (κ3) is 3.18. The minimum Gasteiger partial charge on any atom is -0.338 e. The molecular weight excluding hydrogens is 352 g/mol. The number of aryl methyl sites for hydroxylation is 1. The van der Waals surface area contributed by atoms with Gasteiger partial charge in [0.25, 0.3) is 11.6 Å². The van der Waals surface area contributed by atoms with Crippen LogP contribution in [0.2, 0.25) is 0 Å². The summed E-state index contributed by atoms with van der Waals surface area (Å²) in [5.74, 6) is 0.511. The van der Waals surface area contributed by atoms with Gasteiger partial charge < -0.3 is 15.2 Å². The van der Waals surface area contributed by atoms with Crippen molar-refractivity contribution in [1.82, 2.24) is 15.0 Å². The maximum absolute atomic E-state index is 13.0. The van der Waals surface area contributed by atoms with Crippen LogP contribution in [0.4, 0.5) is 0 Å². The molecule has 0 aliphatic carbocycles. The topological polar surface area (TPSA) is 85.2 Å². The van der Waals surface area contributed by atoms with Gasteiger partial charge in [0, 0.05) is 25.2 Å². The molecule has 4 rings (SSSR count). The van der Waals surface area contributed by atoms with Crippen molar-refractivity contribution < 1.29 is 9.32 Å². The number of hydrogen-bond donors (Lipinski definition) is 1. The lowest BCUT2D eigenvalue weighted by atomic mass is 9.89. The van der Waals surface area contributed by atoms with Crippen LogP contribution in [0, 0.1) is 12.8 Å². The number of carbonyl (C=O) groups excluding carboxylic acids is 1. The molecule has 1 amide bonds. The number of fused-ring (bicyclic) bond motifs is 1. The van der Waals surface area contributed by atoms with Crippen LogP contribution in [0.15, 0.2) is 47.1 Å². The lowest BCUT2D eigenvalue weighted by molar-refractivity contribution is 0.0786. The Morgan fingerprint density at radius 3 is 2.81 bits per heavy atom. The Labute approximate surface area is 157 Å². The summed E-state index contributed by atoms with van der Waals surface area (Å²) < 4.78 is 5.12. The van der Waals surface area contributed by atoms with Gasteiger partial charge in [-0.25, -0.2) is 4.98 Å². The maximum Gasteiger partial charge on any atom is 0.257 e. The molecule has 7 heteroatoms. The zero-order valence-corrected chi connectivity index (χ0v) is 15.3. The highest BCUT2D eigenvalue weighted by Crippen LogP contribution is 2.33. The molecule has 3 aromatic rings. The highest BCUT2D eigenvalue weighted by Gasteiger charge is 2.35. The number of benzene rings is 1. The summed E-state index contributed by atoms with van der Waals surface area (Å²) in [6.07, 6.45) is 1.56.